The number of rotatable bonds is 7. The van der Waals surface area contributed by atoms with Gasteiger partial charge in [-0.1, -0.05) is 24.3 Å². The highest BCUT2D eigenvalue weighted by atomic mass is 32.2. The number of carbonyl (C=O) groups is 1. The summed E-state index contributed by atoms with van der Waals surface area (Å²) in [6, 6.07) is 20.7. The number of amides is 1. The van der Waals surface area contributed by atoms with Crippen LogP contribution in [0.4, 0.5) is 15.8 Å². The number of hydrogen-bond acceptors (Lipinski definition) is 4. The molecule has 0 saturated carbocycles. The van der Waals surface area contributed by atoms with Gasteiger partial charge in [-0.15, -0.1) is 11.8 Å². The molecule has 0 heterocycles. The highest BCUT2D eigenvalue weighted by molar-refractivity contribution is 8.00. The quantitative estimate of drug-likeness (QED) is 0.565. The van der Waals surface area contributed by atoms with Crippen molar-refractivity contribution < 1.29 is 17.6 Å². The fourth-order valence-corrected chi connectivity index (χ4v) is 4.49. The highest BCUT2D eigenvalue weighted by Crippen LogP contribution is 2.24. The van der Waals surface area contributed by atoms with Gasteiger partial charge in [-0.25, -0.2) is 12.8 Å². The number of thioether (sulfide) groups is 1. The summed E-state index contributed by atoms with van der Waals surface area (Å²) in [6.07, 6.45) is 0. The zero-order valence-electron chi connectivity index (χ0n) is 15.6. The lowest BCUT2D eigenvalue weighted by Gasteiger charge is -2.19. The molecule has 3 aromatic carbocycles. The normalized spacial score (nSPS) is 11.1. The molecule has 0 spiro atoms. The van der Waals surface area contributed by atoms with E-state index in [-0.39, 0.29) is 22.4 Å². The van der Waals surface area contributed by atoms with Crippen LogP contribution >= 0.6 is 11.8 Å². The molecule has 1 amide bonds. The summed E-state index contributed by atoms with van der Waals surface area (Å²) >= 11 is 1.26. The smallest absolute Gasteiger partial charge is 0.264 e. The molecule has 0 unspecified atom stereocenters. The van der Waals surface area contributed by atoms with Crippen LogP contribution in [-0.4, -0.2) is 27.1 Å². The summed E-state index contributed by atoms with van der Waals surface area (Å²) in [7, 11) is -2.29. The Morgan fingerprint density at radius 3 is 2.38 bits per heavy atom. The van der Waals surface area contributed by atoms with Gasteiger partial charge >= 0.3 is 0 Å². The Morgan fingerprint density at radius 1 is 1.00 bits per heavy atom. The minimum atomic E-state index is -3.77. The molecule has 0 radical (unpaired) electrons. The summed E-state index contributed by atoms with van der Waals surface area (Å²) in [5.74, 6) is -0.505. The summed E-state index contributed by atoms with van der Waals surface area (Å²) < 4.78 is 39.9. The van der Waals surface area contributed by atoms with Gasteiger partial charge in [0.2, 0.25) is 5.91 Å². The fourth-order valence-electron chi connectivity index (χ4n) is 2.55. The average molecular weight is 431 g/mol. The Hall–Kier alpha value is -2.84. The van der Waals surface area contributed by atoms with E-state index in [2.05, 4.69) is 5.32 Å². The van der Waals surface area contributed by atoms with E-state index in [0.29, 0.717) is 11.4 Å². The third-order valence-corrected chi connectivity index (χ3v) is 6.87. The van der Waals surface area contributed by atoms with E-state index in [1.807, 2.05) is 6.07 Å². The number of nitrogens with zero attached hydrogens (tertiary/aromatic N) is 1. The minimum absolute atomic E-state index is 0.0767. The summed E-state index contributed by atoms with van der Waals surface area (Å²) in [5, 5.41) is 2.70. The van der Waals surface area contributed by atoms with Crippen molar-refractivity contribution in [2.24, 2.45) is 0 Å². The molecule has 0 fully saturated rings. The molecule has 0 aliphatic heterocycles. The second-order valence-corrected chi connectivity index (χ2v) is 9.14. The van der Waals surface area contributed by atoms with Crippen LogP contribution in [0.5, 0.6) is 0 Å². The van der Waals surface area contributed by atoms with Gasteiger partial charge in [0.25, 0.3) is 10.0 Å². The minimum Gasteiger partial charge on any atom is -0.325 e. The monoisotopic (exact) mass is 430 g/mol. The molecule has 8 heteroatoms. The van der Waals surface area contributed by atoms with Crippen molar-refractivity contribution in [2.75, 3.05) is 22.4 Å². The molecular formula is C21H19FN2O3S2. The number of anilines is 2. The van der Waals surface area contributed by atoms with Crippen LogP contribution in [0.15, 0.2) is 88.7 Å². The lowest BCUT2D eigenvalue weighted by molar-refractivity contribution is -0.113. The second kappa shape index (κ2) is 9.11. The molecule has 0 aliphatic rings. The molecule has 0 aromatic heterocycles. The van der Waals surface area contributed by atoms with Crippen LogP contribution in [0.25, 0.3) is 0 Å². The molecule has 0 atom stereocenters. The van der Waals surface area contributed by atoms with Gasteiger partial charge < -0.3 is 5.32 Å². The van der Waals surface area contributed by atoms with Crippen molar-refractivity contribution in [2.45, 2.75) is 9.79 Å². The third-order valence-electron chi connectivity index (χ3n) is 4.08. The van der Waals surface area contributed by atoms with Crippen LogP contribution in [0.1, 0.15) is 0 Å². The zero-order chi connectivity index (χ0) is 20.9. The fraction of sp³-hybridized carbons (Fsp3) is 0.0952. The van der Waals surface area contributed by atoms with E-state index in [4.69, 9.17) is 0 Å². The van der Waals surface area contributed by atoms with Crippen LogP contribution in [0.3, 0.4) is 0 Å². The van der Waals surface area contributed by atoms with Gasteiger partial charge in [-0.05, 0) is 54.6 Å². The van der Waals surface area contributed by atoms with Crippen molar-refractivity contribution in [1.82, 2.24) is 0 Å². The van der Waals surface area contributed by atoms with Crippen LogP contribution < -0.4 is 9.62 Å². The zero-order valence-corrected chi connectivity index (χ0v) is 17.2. The Morgan fingerprint density at radius 2 is 1.69 bits per heavy atom. The SMILES string of the molecule is CN(c1ccccc1)S(=O)(=O)c1cccc(NC(=O)CSc2ccc(F)cc2)c1. The molecule has 150 valence electrons. The first kappa shape index (κ1) is 20.9. The third kappa shape index (κ3) is 5.36. The molecule has 29 heavy (non-hydrogen) atoms. The topological polar surface area (TPSA) is 66.5 Å². The second-order valence-electron chi connectivity index (χ2n) is 6.13. The van der Waals surface area contributed by atoms with Crippen LogP contribution in [0, 0.1) is 5.82 Å². The lowest BCUT2D eigenvalue weighted by atomic mass is 10.3. The Bertz CT molecular complexity index is 1090. The summed E-state index contributed by atoms with van der Waals surface area (Å²) in [4.78, 5) is 13.0. The number of para-hydroxylation sites is 1. The van der Waals surface area contributed by atoms with E-state index >= 15 is 0 Å². The van der Waals surface area contributed by atoms with Gasteiger partial charge in [0.15, 0.2) is 0 Å². The van der Waals surface area contributed by atoms with E-state index in [0.717, 1.165) is 4.90 Å². The lowest BCUT2D eigenvalue weighted by Crippen LogP contribution is -2.26. The molecule has 3 aromatic rings. The molecule has 1 N–H and O–H groups in total. The van der Waals surface area contributed by atoms with Gasteiger partial charge in [-0.3, -0.25) is 9.10 Å². The standard InChI is InChI=1S/C21H19FN2O3S2/c1-24(18-7-3-2-4-8-18)29(26,27)20-9-5-6-17(14-20)23-21(25)15-28-19-12-10-16(22)11-13-19/h2-14H,15H2,1H3,(H,23,25). The van der Waals surface area contributed by atoms with Crippen LogP contribution in [-0.2, 0) is 14.8 Å². The Kier molecular flexibility index (Phi) is 6.56. The number of nitrogens with one attached hydrogen (secondary N) is 1. The van der Waals surface area contributed by atoms with Gasteiger partial charge in [-0.2, -0.15) is 0 Å². The molecule has 0 bridgehead atoms. The Balaban J connectivity index is 1.68. The maximum Gasteiger partial charge on any atom is 0.264 e. The van der Waals surface area contributed by atoms with Crippen LogP contribution in [0.2, 0.25) is 0 Å². The van der Waals surface area contributed by atoms with E-state index in [9.17, 15) is 17.6 Å². The van der Waals surface area contributed by atoms with E-state index < -0.39 is 10.0 Å². The molecule has 5 nitrogen and oxygen atoms in total. The van der Waals surface area contributed by atoms with Crippen molar-refractivity contribution in [1.29, 1.82) is 0 Å². The number of sulfonamides is 1. The van der Waals surface area contributed by atoms with E-state index in [1.54, 1.807) is 48.5 Å². The van der Waals surface area contributed by atoms with Crippen molar-refractivity contribution in [3.63, 3.8) is 0 Å². The summed E-state index contributed by atoms with van der Waals surface area (Å²) in [5.41, 5.74) is 0.926. The predicted molar refractivity (Wildman–Crippen MR) is 114 cm³/mol. The highest BCUT2D eigenvalue weighted by Gasteiger charge is 2.21. The number of halogens is 1. The maximum absolute atomic E-state index is 12.9. The van der Waals surface area contributed by atoms with Crippen molar-refractivity contribution in [3.8, 4) is 0 Å². The predicted octanol–water partition coefficient (Wildman–Crippen LogP) is 4.38. The number of hydrogen-bond donors (Lipinski definition) is 1. The Labute approximate surface area is 173 Å². The van der Waals surface area contributed by atoms with Crippen molar-refractivity contribution in [3.05, 3.63) is 84.7 Å². The maximum atomic E-state index is 12.9. The molecule has 0 aliphatic carbocycles. The van der Waals surface area contributed by atoms with Gasteiger partial charge in [0, 0.05) is 17.6 Å². The van der Waals surface area contributed by atoms with Gasteiger partial charge in [0.05, 0.1) is 16.3 Å². The number of benzene rings is 3. The first-order chi connectivity index (χ1) is 13.9. The van der Waals surface area contributed by atoms with E-state index in [1.165, 1.54) is 47.4 Å². The first-order valence-corrected chi connectivity index (χ1v) is 11.1. The van der Waals surface area contributed by atoms with Crippen molar-refractivity contribution >= 4 is 39.1 Å². The first-order valence-electron chi connectivity index (χ1n) is 8.68. The largest absolute Gasteiger partial charge is 0.325 e. The number of carbonyl (C=O) groups excluding carboxylic acids is 1. The molecular weight excluding hydrogens is 411 g/mol. The van der Waals surface area contributed by atoms with Gasteiger partial charge in [0.1, 0.15) is 5.82 Å². The summed E-state index contributed by atoms with van der Waals surface area (Å²) in [6.45, 7) is 0. The molecule has 3 rings (SSSR count). The molecule has 0 saturated heterocycles. The average Bonchev–Trinajstić information content (AvgIpc) is 2.73.